The van der Waals surface area contributed by atoms with E-state index in [0.29, 0.717) is 18.8 Å². The third kappa shape index (κ3) is 8.99. The van der Waals surface area contributed by atoms with Crippen molar-refractivity contribution >= 4 is 53.8 Å². The minimum atomic E-state index is 0. The van der Waals surface area contributed by atoms with Gasteiger partial charge in [0.05, 0.1) is 18.8 Å². The van der Waals surface area contributed by atoms with Crippen molar-refractivity contribution < 1.29 is 0 Å². The third-order valence-electron chi connectivity index (χ3n) is 5.48. The van der Waals surface area contributed by atoms with E-state index in [2.05, 4.69) is 70.7 Å². The van der Waals surface area contributed by atoms with Gasteiger partial charge in [-0.3, -0.25) is 9.98 Å². The van der Waals surface area contributed by atoms with Crippen molar-refractivity contribution in [2.75, 3.05) is 13.1 Å². The van der Waals surface area contributed by atoms with E-state index in [-0.39, 0.29) is 12.4 Å². The molecule has 0 radical (unpaired) electrons. The molecule has 0 aliphatic rings. The third-order valence-corrected chi connectivity index (χ3v) is 5.48. The zero-order valence-electron chi connectivity index (χ0n) is 20.6. The zero-order chi connectivity index (χ0) is 24.8. The molecule has 37 heavy (non-hydrogen) atoms. The van der Waals surface area contributed by atoms with E-state index in [9.17, 15) is 0 Å². The maximum Gasteiger partial charge on any atom is 0.0784 e. The van der Waals surface area contributed by atoms with Gasteiger partial charge in [0.25, 0.3) is 0 Å². The highest BCUT2D eigenvalue weighted by atomic mass is 35.5. The molecular formula is C33H30ClN3. The maximum atomic E-state index is 8.36. The topological polar surface area (TPSA) is 48.6 Å². The van der Waals surface area contributed by atoms with E-state index in [4.69, 9.17) is 5.41 Å². The Balaban J connectivity index is 0.00000380. The van der Waals surface area contributed by atoms with Crippen LogP contribution in [0.5, 0.6) is 0 Å². The lowest BCUT2D eigenvalue weighted by atomic mass is 10.0. The number of halogens is 1. The monoisotopic (exact) mass is 503 g/mol. The second kappa shape index (κ2) is 14.9. The van der Waals surface area contributed by atoms with Gasteiger partial charge in [0.15, 0.2) is 0 Å². The smallest absolute Gasteiger partial charge is 0.0784 e. The van der Waals surface area contributed by atoms with Crippen LogP contribution in [-0.4, -0.2) is 31.2 Å². The molecule has 0 unspecified atom stereocenters. The van der Waals surface area contributed by atoms with Gasteiger partial charge in [-0.25, -0.2) is 0 Å². The number of hydrogen-bond acceptors (Lipinski definition) is 3. The van der Waals surface area contributed by atoms with Crippen LogP contribution in [0.1, 0.15) is 22.3 Å². The summed E-state index contributed by atoms with van der Waals surface area (Å²) in [6.45, 7) is 0.610. The van der Waals surface area contributed by atoms with Crippen molar-refractivity contribution in [3.63, 3.8) is 0 Å². The molecule has 0 bridgehead atoms. The number of nitrogens with one attached hydrogen (secondary N) is 1. The number of benzene rings is 4. The van der Waals surface area contributed by atoms with Gasteiger partial charge in [-0.05, 0) is 34.4 Å². The van der Waals surface area contributed by atoms with E-state index in [1.54, 1.807) is 0 Å². The highest BCUT2D eigenvalue weighted by Gasteiger charge is 2.01. The van der Waals surface area contributed by atoms with Crippen molar-refractivity contribution in [2.24, 2.45) is 9.98 Å². The van der Waals surface area contributed by atoms with Gasteiger partial charge in [0, 0.05) is 23.6 Å². The molecule has 0 aliphatic heterocycles. The van der Waals surface area contributed by atoms with Crippen LogP contribution in [0.25, 0.3) is 23.3 Å². The quantitative estimate of drug-likeness (QED) is 0.168. The molecule has 0 heterocycles. The Morgan fingerprint density at radius 1 is 0.514 bits per heavy atom. The number of hydrogen-bond donors (Lipinski definition) is 1. The fraction of sp³-hybridized carbons (Fsp3) is 0.0606. The molecule has 0 aromatic heterocycles. The van der Waals surface area contributed by atoms with E-state index in [1.807, 2.05) is 85.2 Å². The molecule has 0 fully saturated rings. The summed E-state index contributed by atoms with van der Waals surface area (Å²) in [6.07, 6.45) is 7.93. The van der Waals surface area contributed by atoms with Gasteiger partial charge < -0.3 is 5.41 Å². The average Bonchev–Trinajstić information content (AvgIpc) is 2.94. The minimum absolute atomic E-state index is 0. The molecule has 4 rings (SSSR count). The van der Waals surface area contributed by atoms with E-state index in [0.717, 1.165) is 33.4 Å². The van der Waals surface area contributed by atoms with Crippen LogP contribution in [0.2, 0.25) is 0 Å². The summed E-state index contributed by atoms with van der Waals surface area (Å²) in [5.41, 5.74) is 6.89. The van der Waals surface area contributed by atoms with Crippen LogP contribution in [0.15, 0.2) is 131 Å². The van der Waals surface area contributed by atoms with Crippen LogP contribution in [0, 0.1) is 5.41 Å². The second-order valence-electron chi connectivity index (χ2n) is 8.30. The Kier molecular flexibility index (Phi) is 11.0. The number of aliphatic imine (C=N–C) groups is 2. The summed E-state index contributed by atoms with van der Waals surface area (Å²) in [7, 11) is 0. The Bertz CT molecular complexity index is 1250. The van der Waals surface area contributed by atoms with E-state index in [1.165, 1.54) is 0 Å². The Morgan fingerprint density at radius 2 is 0.838 bits per heavy atom. The number of allylic oxidation sites excluding steroid dienone is 2. The summed E-state index contributed by atoms with van der Waals surface area (Å²) in [5.74, 6) is 0. The fourth-order valence-corrected chi connectivity index (χ4v) is 3.67. The lowest BCUT2D eigenvalue weighted by Gasteiger charge is -2.04. The fourth-order valence-electron chi connectivity index (χ4n) is 3.67. The van der Waals surface area contributed by atoms with Crippen molar-refractivity contribution in [1.29, 1.82) is 5.41 Å². The summed E-state index contributed by atoms with van der Waals surface area (Å²) < 4.78 is 0. The van der Waals surface area contributed by atoms with E-state index >= 15 is 0 Å². The van der Waals surface area contributed by atoms with Crippen molar-refractivity contribution in [1.82, 2.24) is 0 Å². The van der Waals surface area contributed by atoms with Crippen LogP contribution in [0.3, 0.4) is 0 Å². The number of rotatable bonds is 10. The average molecular weight is 504 g/mol. The Hall–Kier alpha value is -4.34. The van der Waals surface area contributed by atoms with Crippen LogP contribution >= 0.6 is 12.4 Å². The van der Waals surface area contributed by atoms with Gasteiger partial charge in [-0.1, -0.05) is 121 Å². The first-order chi connectivity index (χ1) is 17.8. The molecule has 0 aliphatic carbocycles. The predicted octanol–water partition coefficient (Wildman–Crippen LogP) is 8.05. The van der Waals surface area contributed by atoms with Crippen molar-refractivity contribution in [3.05, 3.63) is 144 Å². The minimum Gasteiger partial charge on any atom is -0.306 e. The molecule has 0 saturated carbocycles. The maximum absolute atomic E-state index is 8.36. The van der Waals surface area contributed by atoms with Gasteiger partial charge in [0.2, 0.25) is 0 Å². The van der Waals surface area contributed by atoms with Crippen LogP contribution in [0.4, 0.5) is 0 Å². The van der Waals surface area contributed by atoms with Gasteiger partial charge >= 0.3 is 0 Å². The largest absolute Gasteiger partial charge is 0.306 e. The first kappa shape index (κ1) is 27.3. The molecule has 0 amide bonds. The normalized spacial score (nSPS) is 12.0. The molecule has 1 N–H and O–H groups in total. The van der Waals surface area contributed by atoms with Gasteiger partial charge in [-0.2, -0.15) is 0 Å². The SMILES string of the molecule is Cl.N=C(CN=C/C(=C/c1ccccc1)c1ccccc1)CN=C/C(=C/c1ccccc1)c1ccccc1. The van der Waals surface area contributed by atoms with E-state index < -0.39 is 0 Å². The van der Waals surface area contributed by atoms with Crippen molar-refractivity contribution in [2.45, 2.75) is 0 Å². The Morgan fingerprint density at radius 3 is 1.19 bits per heavy atom. The first-order valence-corrected chi connectivity index (χ1v) is 12.0. The summed E-state index contributed by atoms with van der Waals surface area (Å²) in [5, 5.41) is 8.36. The Labute approximate surface area is 225 Å². The van der Waals surface area contributed by atoms with Gasteiger partial charge in [0.1, 0.15) is 0 Å². The highest BCUT2D eigenvalue weighted by molar-refractivity contribution is 6.17. The molecule has 4 aromatic rings. The molecule has 0 saturated heterocycles. The highest BCUT2D eigenvalue weighted by Crippen LogP contribution is 2.17. The molecule has 184 valence electrons. The van der Waals surface area contributed by atoms with Crippen molar-refractivity contribution in [3.8, 4) is 0 Å². The summed E-state index contributed by atoms with van der Waals surface area (Å²) in [6, 6.07) is 40.8. The van der Waals surface area contributed by atoms with Crippen LogP contribution < -0.4 is 0 Å². The van der Waals surface area contributed by atoms with Gasteiger partial charge in [-0.15, -0.1) is 12.4 Å². The second-order valence-corrected chi connectivity index (χ2v) is 8.30. The molecule has 4 aromatic carbocycles. The standard InChI is InChI=1S/C33H29N3.ClH/c34-33(25-35-23-31(29-17-9-3-10-18-29)21-27-13-5-1-6-14-27)26-36-24-32(30-19-11-4-12-20-30)22-28-15-7-2-8-16-28;/h1-24,34H,25-26H2;1H/b31-21-,32-22-,34-33?,35-23?,36-24?;. The zero-order valence-corrected chi connectivity index (χ0v) is 21.4. The molecular weight excluding hydrogens is 474 g/mol. The number of nitrogens with zero attached hydrogens (tertiary/aromatic N) is 2. The summed E-state index contributed by atoms with van der Waals surface area (Å²) >= 11 is 0. The lowest BCUT2D eigenvalue weighted by Crippen LogP contribution is -2.06. The predicted molar refractivity (Wildman–Crippen MR) is 163 cm³/mol. The first-order valence-electron chi connectivity index (χ1n) is 12.0. The molecule has 0 spiro atoms. The molecule has 4 heteroatoms. The molecule has 3 nitrogen and oxygen atoms in total. The molecule has 0 atom stereocenters. The summed E-state index contributed by atoms with van der Waals surface area (Å²) in [4.78, 5) is 9.12. The van der Waals surface area contributed by atoms with Crippen LogP contribution in [-0.2, 0) is 0 Å². The lowest BCUT2D eigenvalue weighted by molar-refractivity contribution is 1.18.